The summed E-state index contributed by atoms with van der Waals surface area (Å²) in [7, 11) is 0. The van der Waals surface area contributed by atoms with Crippen molar-refractivity contribution >= 4 is 5.91 Å². The average Bonchev–Trinajstić information content (AvgIpc) is 2.38. The van der Waals surface area contributed by atoms with E-state index in [4.69, 9.17) is 5.73 Å². The molecule has 19 heavy (non-hydrogen) atoms. The summed E-state index contributed by atoms with van der Waals surface area (Å²) in [6, 6.07) is 1.10. The monoisotopic (exact) mass is 268 g/mol. The maximum atomic E-state index is 11.5. The molecule has 0 radical (unpaired) electrons. The van der Waals surface area contributed by atoms with Gasteiger partial charge < -0.3 is 11.1 Å². The zero-order valence-corrected chi connectivity index (χ0v) is 12.3. The first-order valence-electron chi connectivity index (χ1n) is 7.59. The second kappa shape index (κ2) is 6.68. The standard InChI is InChI=1S/C14H28N4O/c1-11-9-16-10-12(2)18(11)8-7-17-6-4-3-5-13(17)14(15)19/h11-13,16H,3-10H2,1-2H3,(H2,15,19)/t11-,12+,13?. The zero-order valence-electron chi connectivity index (χ0n) is 12.3. The fourth-order valence-corrected chi connectivity index (χ4v) is 3.44. The number of hydrogen-bond acceptors (Lipinski definition) is 4. The fraction of sp³-hybridized carbons (Fsp3) is 0.929. The van der Waals surface area contributed by atoms with Gasteiger partial charge in [-0.15, -0.1) is 0 Å². The number of amides is 1. The summed E-state index contributed by atoms with van der Waals surface area (Å²) < 4.78 is 0. The Kier molecular flexibility index (Phi) is 5.19. The second-order valence-corrected chi connectivity index (χ2v) is 6.04. The van der Waals surface area contributed by atoms with Gasteiger partial charge in [-0.05, 0) is 33.2 Å². The van der Waals surface area contributed by atoms with E-state index in [2.05, 4.69) is 29.0 Å². The first-order valence-corrected chi connectivity index (χ1v) is 7.59. The van der Waals surface area contributed by atoms with Crippen LogP contribution in [0.25, 0.3) is 0 Å². The molecule has 2 saturated heterocycles. The van der Waals surface area contributed by atoms with Crippen LogP contribution in [-0.2, 0) is 4.79 Å². The number of likely N-dealkylation sites (tertiary alicyclic amines) is 1. The summed E-state index contributed by atoms with van der Waals surface area (Å²) in [5.74, 6) is -0.152. The van der Waals surface area contributed by atoms with Crippen molar-refractivity contribution in [3.8, 4) is 0 Å². The molecule has 5 nitrogen and oxygen atoms in total. The van der Waals surface area contributed by atoms with E-state index in [0.29, 0.717) is 12.1 Å². The maximum absolute atomic E-state index is 11.5. The summed E-state index contributed by atoms with van der Waals surface area (Å²) in [5.41, 5.74) is 5.52. The van der Waals surface area contributed by atoms with Crippen molar-refractivity contribution in [2.75, 3.05) is 32.7 Å². The molecular weight excluding hydrogens is 240 g/mol. The molecule has 2 aliphatic heterocycles. The molecule has 2 heterocycles. The number of primary amides is 1. The van der Waals surface area contributed by atoms with Crippen molar-refractivity contribution in [2.24, 2.45) is 5.73 Å². The number of nitrogens with zero attached hydrogens (tertiary/aromatic N) is 2. The summed E-state index contributed by atoms with van der Waals surface area (Å²) >= 11 is 0. The van der Waals surface area contributed by atoms with E-state index in [9.17, 15) is 4.79 Å². The van der Waals surface area contributed by atoms with Crippen LogP contribution in [0.15, 0.2) is 0 Å². The number of carbonyl (C=O) groups excluding carboxylic acids is 1. The topological polar surface area (TPSA) is 61.6 Å². The minimum absolute atomic E-state index is 0.0396. The largest absolute Gasteiger partial charge is 0.368 e. The highest BCUT2D eigenvalue weighted by Gasteiger charge is 2.29. The van der Waals surface area contributed by atoms with Crippen LogP contribution in [0.3, 0.4) is 0 Å². The molecule has 0 saturated carbocycles. The van der Waals surface area contributed by atoms with Crippen LogP contribution in [0.5, 0.6) is 0 Å². The minimum Gasteiger partial charge on any atom is -0.368 e. The van der Waals surface area contributed by atoms with Gasteiger partial charge in [0.1, 0.15) is 0 Å². The Morgan fingerprint density at radius 2 is 1.89 bits per heavy atom. The molecule has 0 bridgehead atoms. The molecule has 0 spiro atoms. The first kappa shape index (κ1) is 14.8. The maximum Gasteiger partial charge on any atom is 0.234 e. The van der Waals surface area contributed by atoms with E-state index in [0.717, 1.165) is 45.6 Å². The lowest BCUT2D eigenvalue weighted by Crippen LogP contribution is -2.58. The van der Waals surface area contributed by atoms with Crippen molar-refractivity contribution in [1.29, 1.82) is 0 Å². The van der Waals surface area contributed by atoms with Gasteiger partial charge in [0.05, 0.1) is 6.04 Å². The van der Waals surface area contributed by atoms with E-state index >= 15 is 0 Å². The highest BCUT2D eigenvalue weighted by atomic mass is 16.1. The molecule has 0 aromatic carbocycles. The molecule has 1 unspecified atom stereocenters. The minimum atomic E-state index is -0.152. The molecular formula is C14H28N4O. The summed E-state index contributed by atoms with van der Waals surface area (Å²) in [4.78, 5) is 16.3. The van der Waals surface area contributed by atoms with Crippen LogP contribution in [-0.4, -0.2) is 66.6 Å². The fourth-order valence-electron chi connectivity index (χ4n) is 3.44. The van der Waals surface area contributed by atoms with Gasteiger partial charge in [-0.2, -0.15) is 0 Å². The van der Waals surface area contributed by atoms with Crippen molar-refractivity contribution in [3.63, 3.8) is 0 Å². The molecule has 5 heteroatoms. The van der Waals surface area contributed by atoms with Gasteiger partial charge in [-0.25, -0.2) is 0 Å². The van der Waals surface area contributed by atoms with Gasteiger partial charge in [0.2, 0.25) is 5.91 Å². The lowest BCUT2D eigenvalue weighted by molar-refractivity contribution is -0.124. The molecule has 3 atom stereocenters. The number of nitrogens with one attached hydrogen (secondary N) is 1. The van der Waals surface area contributed by atoms with Crippen molar-refractivity contribution in [2.45, 2.75) is 51.2 Å². The van der Waals surface area contributed by atoms with Gasteiger partial charge in [0, 0.05) is 38.3 Å². The molecule has 2 aliphatic rings. The number of nitrogens with two attached hydrogens (primary N) is 1. The predicted molar refractivity (Wildman–Crippen MR) is 76.9 cm³/mol. The predicted octanol–water partition coefficient (Wildman–Crippen LogP) is 0.00840. The van der Waals surface area contributed by atoms with Crippen LogP contribution in [0.2, 0.25) is 0 Å². The lowest BCUT2D eigenvalue weighted by atomic mass is 10.0. The van der Waals surface area contributed by atoms with Gasteiger partial charge in [-0.3, -0.25) is 14.6 Å². The third-order valence-electron chi connectivity index (χ3n) is 4.60. The quantitative estimate of drug-likeness (QED) is 0.754. The second-order valence-electron chi connectivity index (χ2n) is 6.04. The Morgan fingerprint density at radius 1 is 1.21 bits per heavy atom. The smallest absolute Gasteiger partial charge is 0.234 e. The third-order valence-corrected chi connectivity index (χ3v) is 4.60. The SMILES string of the molecule is C[C@@H]1CNC[C@H](C)N1CCN1CCCCC1C(N)=O. The summed E-state index contributed by atoms with van der Waals surface area (Å²) in [6.07, 6.45) is 3.25. The van der Waals surface area contributed by atoms with Crippen LogP contribution in [0.4, 0.5) is 0 Å². The van der Waals surface area contributed by atoms with Gasteiger partial charge >= 0.3 is 0 Å². The number of carbonyl (C=O) groups is 1. The molecule has 0 aromatic rings. The van der Waals surface area contributed by atoms with Gasteiger partial charge in [-0.1, -0.05) is 6.42 Å². The average molecular weight is 268 g/mol. The summed E-state index contributed by atoms with van der Waals surface area (Å²) in [6.45, 7) is 9.67. The molecule has 0 aromatic heterocycles. The van der Waals surface area contributed by atoms with E-state index < -0.39 is 0 Å². The molecule has 2 fully saturated rings. The number of hydrogen-bond donors (Lipinski definition) is 2. The van der Waals surface area contributed by atoms with Crippen LogP contribution in [0, 0.1) is 0 Å². The van der Waals surface area contributed by atoms with E-state index in [-0.39, 0.29) is 11.9 Å². The Labute approximate surface area is 116 Å². The first-order chi connectivity index (χ1) is 9.09. The highest BCUT2D eigenvalue weighted by molar-refractivity contribution is 5.79. The molecule has 1 amide bonds. The van der Waals surface area contributed by atoms with Crippen LogP contribution >= 0.6 is 0 Å². The van der Waals surface area contributed by atoms with Crippen molar-refractivity contribution in [3.05, 3.63) is 0 Å². The molecule has 0 aliphatic carbocycles. The van der Waals surface area contributed by atoms with Crippen LogP contribution in [0.1, 0.15) is 33.1 Å². The number of piperidine rings is 1. The summed E-state index contributed by atoms with van der Waals surface area (Å²) in [5, 5.41) is 3.45. The van der Waals surface area contributed by atoms with E-state index in [1.165, 1.54) is 6.42 Å². The molecule has 2 rings (SSSR count). The van der Waals surface area contributed by atoms with Crippen LogP contribution < -0.4 is 11.1 Å². The van der Waals surface area contributed by atoms with Gasteiger partial charge in [0.15, 0.2) is 0 Å². The van der Waals surface area contributed by atoms with E-state index in [1.54, 1.807) is 0 Å². The van der Waals surface area contributed by atoms with Gasteiger partial charge in [0.25, 0.3) is 0 Å². The molecule has 3 N–H and O–H groups in total. The normalized spacial score (nSPS) is 34.3. The Balaban J connectivity index is 1.87. The Morgan fingerprint density at radius 3 is 2.53 bits per heavy atom. The number of piperazine rings is 1. The molecule has 110 valence electrons. The Hall–Kier alpha value is -0.650. The van der Waals surface area contributed by atoms with Crippen molar-refractivity contribution < 1.29 is 4.79 Å². The number of rotatable bonds is 4. The lowest BCUT2D eigenvalue weighted by Gasteiger charge is -2.42. The Bertz CT molecular complexity index is 300. The van der Waals surface area contributed by atoms with Crippen molar-refractivity contribution in [1.82, 2.24) is 15.1 Å². The highest BCUT2D eigenvalue weighted by Crippen LogP contribution is 2.17. The van der Waals surface area contributed by atoms with E-state index in [1.807, 2.05) is 0 Å². The third kappa shape index (κ3) is 3.68. The zero-order chi connectivity index (χ0) is 13.8.